The van der Waals surface area contributed by atoms with Crippen LogP contribution in [0.2, 0.25) is 0 Å². The molecule has 0 spiro atoms. The molecule has 0 aliphatic carbocycles. The van der Waals surface area contributed by atoms with Gasteiger partial charge in [0.25, 0.3) is 0 Å². The molecule has 64 valence electrons. The third-order valence-corrected chi connectivity index (χ3v) is 1.34. The van der Waals surface area contributed by atoms with Gasteiger partial charge in [0.2, 0.25) is 0 Å². The first kappa shape index (κ1) is 10.4. The second-order valence-electron chi connectivity index (χ2n) is 2.43. The molecule has 0 bridgehead atoms. The molecule has 0 aliphatic heterocycles. The van der Waals surface area contributed by atoms with E-state index in [4.69, 9.17) is 5.73 Å². The maximum atomic E-state index is 5.18. The molecule has 0 aromatic heterocycles. The van der Waals surface area contributed by atoms with Crippen molar-refractivity contribution in [1.82, 2.24) is 5.43 Å². The molecule has 0 aliphatic rings. The molecule has 0 saturated heterocycles. The molecule has 0 amide bonds. The zero-order valence-corrected chi connectivity index (χ0v) is 7.87. The van der Waals surface area contributed by atoms with Crippen LogP contribution in [0.3, 0.4) is 0 Å². The summed E-state index contributed by atoms with van der Waals surface area (Å²) in [7, 11) is 0. The lowest BCUT2D eigenvalue weighted by Gasteiger charge is -1.99. The number of rotatable bonds is 4. The predicted molar refractivity (Wildman–Crippen MR) is 52.6 cm³/mol. The molecule has 4 heteroatoms. The van der Waals surface area contributed by atoms with Crippen LogP contribution in [0.1, 0.15) is 33.1 Å². The van der Waals surface area contributed by atoms with E-state index >= 15 is 0 Å². The standard InChI is InChI=1S/C7H15N3S/c1-3-4-5-6(2)9-10-7(8)11/h3-5H2,1-2H3,(H3,8,10,11)/b9-6+. The smallest absolute Gasteiger partial charge is 0.184 e. The van der Waals surface area contributed by atoms with Crippen molar-refractivity contribution < 1.29 is 0 Å². The molecule has 0 rings (SSSR count). The first-order chi connectivity index (χ1) is 5.16. The Kier molecular flexibility index (Phi) is 5.74. The third kappa shape index (κ3) is 7.25. The monoisotopic (exact) mass is 173 g/mol. The highest BCUT2D eigenvalue weighted by Crippen LogP contribution is 1.95. The van der Waals surface area contributed by atoms with E-state index in [9.17, 15) is 0 Å². The average Bonchev–Trinajstić information content (AvgIpc) is 1.97. The SMILES string of the molecule is CCCC/C(C)=N/NC(N)=S. The Bertz CT molecular complexity index is 154. The fraction of sp³-hybridized carbons (Fsp3) is 0.714. The number of nitrogens with two attached hydrogens (primary N) is 1. The van der Waals surface area contributed by atoms with Gasteiger partial charge in [-0.3, -0.25) is 5.43 Å². The fourth-order valence-electron chi connectivity index (χ4n) is 0.639. The van der Waals surface area contributed by atoms with Crippen molar-refractivity contribution in [1.29, 1.82) is 0 Å². The number of nitrogens with one attached hydrogen (secondary N) is 1. The Morgan fingerprint density at radius 1 is 1.64 bits per heavy atom. The molecule has 11 heavy (non-hydrogen) atoms. The summed E-state index contributed by atoms with van der Waals surface area (Å²) in [6, 6.07) is 0. The Morgan fingerprint density at radius 3 is 2.73 bits per heavy atom. The summed E-state index contributed by atoms with van der Waals surface area (Å²) in [4.78, 5) is 0. The van der Waals surface area contributed by atoms with Gasteiger partial charge in [0.1, 0.15) is 0 Å². The summed E-state index contributed by atoms with van der Waals surface area (Å²) in [6.07, 6.45) is 3.35. The summed E-state index contributed by atoms with van der Waals surface area (Å²) >= 11 is 4.59. The van der Waals surface area contributed by atoms with E-state index in [1.807, 2.05) is 6.92 Å². The number of hydrazone groups is 1. The van der Waals surface area contributed by atoms with Gasteiger partial charge < -0.3 is 5.73 Å². The van der Waals surface area contributed by atoms with Gasteiger partial charge in [0.05, 0.1) is 0 Å². The highest BCUT2D eigenvalue weighted by atomic mass is 32.1. The summed E-state index contributed by atoms with van der Waals surface area (Å²) in [5, 5.41) is 4.18. The number of nitrogens with zero attached hydrogens (tertiary/aromatic N) is 1. The first-order valence-corrected chi connectivity index (χ1v) is 4.16. The number of unbranched alkanes of at least 4 members (excludes halogenated alkanes) is 1. The van der Waals surface area contributed by atoms with Gasteiger partial charge in [-0.2, -0.15) is 5.10 Å². The van der Waals surface area contributed by atoms with Crippen LogP contribution in [0.4, 0.5) is 0 Å². The molecular weight excluding hydrogens is 158 g/mol. The maximum Gasteiger partial charge on any atom is 0.184 e. The highest BCUT2D eigenvalue weighted by Gasteiger charge is 1.89. The lowest BCUT2D eigenvalue weighted by atomic mass is 10.2. The third-order valence-electron chi connectivity index (χ3n) is 1.25. The number of hydrogen-bond acceptors (Lipinski definition) is 2. The van der Waals surface area contributed by atoms with E-state index in [0.29, 0.717) is 0 Å². The number of hydrogen-bond donors (Lipinski definition) is 2. The molecule has 0 fully saturated rings. The topological polar surface area (TPSA) is 50.4 Å². The number of thiocarbonyl (C=S) groups is 1. The van der Waals surface area contributed by atoms with Gasteiger partial charge in [-0.05, 0) is 32.0 Å². The Labute approximate surface area is 73.0 Å². The minimum absolute atomic E-state index is 0.223. The van der Waals surface area contributed by atoms with E-state index in [1.54, 1.807) is 0 Å². The van der Waals surface area contributed by atoms with Crippen molar-refractivity contribution in [2.75, 3.05) is 0 Å². The Hall–Kier alpha value is -0.640. The molecule has 0 aromatic carbocycles. The van der Waals surface area contributed by atoms with Crippen molar-refractivity contribution in [3.8, 4) is 0 Å². The minimum Gasteiger partial charge on any atom is -0.375 e. The van der Waals surface area contributed by atoms with E-state index in [2.05, 4.69) is 29.7 Å². The van der Waals surface area contributed by atoms with Crippen LogP contribution in [-0.4, -0.2) is 10.8 Å². The van der Waals surface area contributed by atoms with Crippen LogP contribution in [-0.2, 0) is 0 Å². The van der Waals surface area contributed by atoms with Gasteiger partial charge in [-0.25, -0.2) is 0 Å². The van der Waals surface area contributed by atoms with Crippen molar-refractivity contribution in [2.24, 2.45) is 10.8 Å². The van der Waals surface area contributed by atoms with Gasteiger partial charge >= 0.3 is 0 Å². The second kappa shape index (κ2) is 6.09. The van der Waals surface area contributed by atoms with E-state index in [-0.39, 0.29) is 5.11 Å². The Balaban J connectivity index is 3.54. The van der Waals surface area contributed by atoms with Crippen LogP contribution in [0.25, 0.3) is 0 Å². The lowest BCUT2D eigenvalue weighted by molar-refractivity contribution is 0.825. The van der Waals surface area contributed by atoms with Crippen molar-refractivity contribution in [2.45, 2.75) is 33.1 Å². The van der Waals surface area contributed by atoms with E-state index in [0.717, 1.165) is 18.6 Å². The zero-order valence-electron chi connectivity index (χ0n) is 7.05. The van der Waals surface area contributed by atoms with E-state index in [1.165, 1.54) is 6.42 Å². The predicted octanol–water partition coefficient (Wildman–Crippen LogP) is 1.39. The van der Waals surface area contributed by atoms with Crippen molar-refractivity contribution in [3.63, 3.8) is 0 Å². The largest absolute Gasteiger partial charge is 0.375 e. The zero-order chi connectivity index (χ0) is 8.69. The molecule has 0 unspecified atom stereocenters. The molecular formula is C7H15N3S. The summed E-state index contributed by atoms with van der Waals surface area (Å²) in [5.41, 5.74) is 8.78. The molecule has 0 heterocycles. The molecule has 3 N–H and O–H groups in total. The van der Waals surface area contributed by atoms with Crippen molar-refractivity contribution >= 4 is 23.0 Å². The van der Waals surface area contributed by atoms with Crippen LogP contribution < -0.4 is 11.2 Å². The van der Waals surface area contributed by atoms with Gasteiger partial charge in [-0.15, -0.1) is 0 Å². The molecule has 3 nitrogen and oxygen atoms in total. The summed E-state index contributed by atoms with van der Waals surface area (Å²) in [5.74, 6) is 0. The molecule has 0 aromatic rings. The lowest BCUT2D eigenvalue weighted by Crippen LogP contribution is -2.25. The molecule has 0 radical (unpaired) electrons. The van der Waals surface area contributed by atoms with Gasteiger partial charge in [0.15, 0.2) is 5.11 Å². The second-order valence-corrected chi connectivity index (χ2v) is 2.87. The van der Waals surface area contributed by atoms with Crippen LogP contribution in [0, 0.1) is 0 Å². The Morgan fingerprint density at radius 2 is 2.27 bits per heavy atom. The summed E-state index contributed by atoms with van der Waals surface area (Å²) in [6.45, 7) is 4.11. The van der Waals surface area contributed by atoms with E-state index < -0.39 is 0 Å². The van der Waals surface area contributed by atoms with Crippen LogP contribution >= 0.6 is 12.2 Å². The fourth-order valence-corrected chi connectivity index (χ4v) is 0.685. The quantitative estimate of drug-likeness (QED) is 0.384. The molecule has 0 atom stereocenters. The molecule has 0 saturated carbocycles. The van der Waals surface area contributed by atoms with Gasteiger partial charge in [-0.1, -0.05) is 13.3 Å². The summed E-state index contributed by atoms with van der Waals surface area (Å²) < 4.78 is 0. The van der Waals surface area contributed by atoms with Crippen LogP contribution in [0.15, 0.2) is 5.10 Å². The van der Waals surface area contributed by atoms with Crippen molar-refractivity contribution in [3.05, 3.63) is 0 Å². The first-order valence-electron chi connectivity index (χ1n) is 3.75. The highest BCUT2D eigenvalue weighted by molar-refractivity contribution is 7.80. The normalized spacial score (nSPS) is 11.3. The van der Waals surface area contributed by atoms with Crippen LogP contribution in [0.5, 0.6) is 0 Å². The maximum absolute atomic E-state index is 5.18. The van der Waals surface area contributed by atoms with Gasteiger partial charge in [0, 0.05) is 5.71 Å². The average molecular weight is 173 g/mol. The minimum atomic E-state index is 0.223.